The first kappa shape index (κ1) is 25.5. The molecule has 2 N–H and O–H groups in total. The maximum Gasteiger partial charge on any atom is 0.306 e. The maximum absolute atomic E-state index is 12.8. The molecule has 0 radical (unpaired) electrons. The number of nitrogens with one attached hydrogen (secondary N) is 2. The lowest BCUT2D eigenvalue weighted by atomic mass is 10.1. The van der Waals surface area contributed by atoms with Crippen LogP contribution in [0.25, 0.3) is 0 Å². The van der Waals surface area contributed by atoms with Gasteiger partial charge in [-0.05, 0) is 61.7 Å². The lowest BCUT2D eigenvalue weighted by molar-refractivity contribution is -0.144. The van der Waals surface area contributed by atoms with Gasteiger partial charge in [0.05, 0.1) is 30.9 Å². The quantitative estimate of drug-likeness (QED) is 0.277. The van der Waals surface area contributed by atoms with E-state index in [1.54, 1.807) is 48.5 Å². The van der Waals surface area contributed by atoms with Crippen LogP contribution in [0.15, 0.2) is 78.9 Å². The van der Waals surface area contributed by atoms with Crippen molar-refractivity contribution < 1.29 is 23.9 Å². The van der Waals surface area contributed by atoms with E-state index in [4.69, 9.17) is 9.47 Å². The molecule has 182 valence electrons. The Morgan fingerprint density at radius 2 is 1.51 bits per heavy atom. The van der Waals surface area contributed by atoms with Gasteiger partial charge in [-0.1, -0.05) is 42.5 Å². The summed E-state index contributed by atoms with van der Waals surface area (Å²) < 4.78 is 10.6. The van der Waals surface area contributed by atoms with Crippen molar-refractivity contribution in [3.05, 3.63) is 90.0 Å². The Bertz CT molecular complexity index is 1110. The lowest BCUT2D eigenvalue weighted by Crippen LogP contribution is -2.19. The van der Waals surface area contributed by atoms with Crippen molar-refractivity contribution in [2.45, 2.75) is 32.6 Å². The molecule has 3 aromatic carbocycles. The Morgan fingerprint density at radius 1 is 0.800 bits per heavy atom. The monoisotopic (exact) mass is 474 g/mol. The van der Waals surface area contributed by atoms with Crippen LogP contribution in [0.5, 0.6) is 5.75 Å². The highest BCUT2D eigenvalue weighted by atomic mass is 16.5. The number of hydrogen-bond acceptors (Lipinski definition) is 5. The molecule has 0 aliphatic rings. The third kappa shape index (κ3) is 8.62. The number of rotatable bonds is 12. The Hall–Kier alpha value is -4.13. The Morgan fingerprint density at radius 3 is 2.26 bits per heavy atom. The van der Waals surface area contributed by atoms with Gasteiger partial charge >= 0.3 is 5.97 Å². The molecule has 0 spiro atoms. The highest BCUT2D eigenvalue weighted by Crippen LogP contribution is 2.20. The smallest absolute Gasteiger partial charge is 0.306 e. The molecule has 0 atom stereocenters. The van der Waals surface area contributed by atoms with Crippen molar-refractivity contribution in [2.24, 2.45) is 0 Å². The van der Waals surface area contributed by atoms with Crippen LogP contribution in [0.1, 0.15) is 42.1 Å². The van der Waals surface area contributed by atoms with Crippen LogP contribution in [0.3, 0.4) is 0 Å². The molecular formula is C28H30N2O5. The van der Waals surface area contributed by atoms with Crippen molar-refractivity contribution in [1.29, 1.82) is 0 Å². The van der Waals surface area contributed by atoms with Gasteiger partial charge in [-0.2, -0.15) is 0 Å². The summed E-state index contributed by atoms with van der Waals surface area (Å²) in [6.45, 7) is 2.77. The standard InChI is InChI=1S/C28H30N2O5/c1-2-34-23-16-14-22(15-17-23)29-28(33)24-12-6-7-13-25(24)30-26(31)18-19-27(32)35-20-8-11-21-9-4-3-5-10-21/h3-7,9-10,12-17H,2,8,11,18-20H2,1H3,(H,29,33)(H,30,31). The fraction of sp³-hybridized carbons (Fsp3) is 0.250. The van der Waals surface area contributed by atoms with Crippen LogP contribution in [0, 0.1) is 0 Å². The lowest BCUT2D eigenvalue weighted by Gasteiger charge is -2.12. The number of anilines is 2. The Labute approximate surface area is 205 Å². The number of ether oxygens (including phenoxy) is 2. The van der Waals surface area contributed by atoms with Gasteiger partial charge in [-0.3, -0.25) is 14.4 Å². The number of hydrogen-bond donors (Lipinski definition) is 2. The predicted molar refractivity (Wildman–Crippen MR) is 136 cm³/mol. The molecule has 3 aromatic rings. The SMILES string of the molecule is CCOc1ccc(NC(=O)c2ccccc2NC(=O)CCC(=O)OCCCc2ccccc2)cc1. The minimum Gasteiger partial charge on any atom is -0.494 e. The molecular weight excluding hydrogens is 444 g/mol. The summed E-state index contributed by atoms with van der Waals surface area (Å²) in [6, 6.07) is 23.7. The number of para-hydroxylation sites is 1. The van der Waals surface area contributed by atoms with Gasteiger partial charge in [0.1, 0.15) is 5.75 Å². The molecule has 7 nitrogen and oxygen atoms in total. The minimum absolute atomic E-state index is 0.0300. The summed E-state index contributed by atoms with van der Waals surface area (Å²) in [7, 11) is 0. The van der Waals surface area contributed by atoms with E-state index in [9.17, 15) is 14.4 Å². The molecule has 7 heteroatoms. The van der Waals surface area contributed by atoms with Crippen LogP contribution in [-0.4, -0.2) is 31.0 Å². The third-order valence-corrected chi connectivity index (χ3v) is 5.14. The first-order chi connectivity index (χ1) is 17.0. The van der Waals surface area contributed by atoms with Gasteiger partial charge in [0.2, 0.25) is 5.91 Å². The van der Waals surface area contributed by atoms with Crippen molar-refractivity contribution in [2.75, 3.05) is 23.8 Å². The summed E-state index contributed by atoms with van der Waals surface area (Å²) in [5.41, 5.74) is 2.48. The second kappa shape index (κ2) is 13.5. The normalized spacial score (nSPS) is 10.3. The number of benzene rings is 3. The number of esters is 1. The number of carbonyl (C=O) groups is 3. The Kier molecular flexibility index (Phi) is 9.87. The molecule has 0 aromatic heterocycles. The zero-order chi connectivity index (χ0) is 24.9. The molecule has 35 heavy (non-hydrogen) atoms. The van der Waals surface area contributed by atoms with E-state index in [2.05, 4.69) is 10.6 Å². The first-order valence-electron chi connectivity index (χ1n) is 11.7. The highest BCUT2D eigenvalue weighted by molar-refractivity contribution is 6.10. The number of amides is 2. The summed E-state index contributed by atoms with van der Waals surface area (Å²) in [5.74, 6) is -0.432. The molecule has 0 bridgehead atoms. The molecule has 3 rings (SSSR count). The van der Waals surface area contributed by atoms with Crippen LogP contribution in [-0.2, 0) is 20.7 Å². The van der Waals surface area contributed by atoms with Gasteiger partial charge in [0.15, 0.2) is 0 Å². The molecule has 2 amide bonds. The average Bonchev–Trinajstić information content (AvgIpc) is 2.87. The largest absolute Gasteiger partial charge is 0.494 e. The second-order valence-corrected chi connectivity index (χ2v) is 7.81. The molecule has 0 unspecified atom stereocenters. The highest BCUT2D eigenvalue weighted by Gasteiger charge is 2.15. The average molecular weight is 475 g/mol. The van der Waals surface area contributed by atoms with Crippen molar-refractivity contribution in [3.63, 3.8) is 0 Å². The summed E-state index contributed by atoms with van der Waals surface area (Å²) >= 11 is 0. The zero-order valence-corrected chi connectivity index (χ0v) is 19.8. The molecule has 0 saturated heterocycles. The maximum atomic E-state index is 12.8. The van der Waals surface area contributed by atoms with Crippen molar-refractivity contribution in [3.8, 4) is 5.75 Å². The predicted octanol–water partition coefficient (Wildman–Crippen LogP) is 5.23. The van der Waals surface area contributed by atoms with Crippen LogP contribution in [0.2, 0.25) is 0 Å². The molecule has 0 aliphatic heterocycles. The van der Waals surface area contributed by atoms with E-state index in [0.717, 1.165) is 12.8 Å². The summed E-state index contributed by atoms with van der Waals surface area (Å²) in [5, 5.41) is 5.53. The van der Waals surface area contributed by atoms with E-state index in [-0.39, 0.29) is 24.7 Å². The molecule has 0 fully saturated rings. The third-order valence-electron chi connectivity index (χ3n) is 5.14. The topological polar surface area (TPSA) is 93.7 Å². The number of aryl methyl sites for hydroxylation is 1. The van der Waals surface area contributed by atoms with Gasteiger partial charge in [-0.25, -0.2) is 0 Å². The van der Waals surface area contributed by atoms with Crippen LogP contribution < -0.4 is 15.4 Å². The van der Waals surface area contributed by atoms with Gasteiger partial charge in [-0.15, -0.1) is 0 Å². The minimum atomic E-state index is -0.422. The summed E-state index contributed by atoms with van der Waals surface area (Å²) in [4.78, 5) is 37.2. The van der Waals surface area contributed by atoms with Crippen LogP contribution >= 0.6 is 0 Å². The second-order valence-electron chi connectivity index (χ2n) is 7.81. The molecule has 0 heterocycles. The molecule has 0 aliphatic carbocycles. The van der Waals surface area contributed by atoms with Crippen LogP contribution in [0.4, 0.5) is 11.4 Å². The van der Waals surface area contributed by atoms with E-state index >= 15 is 0 Å². The van der Waals surface area contributed by atoms with E-state index in [1.807, 2.05) is 37.3 Å². The van der Waals surface area contributed by atoms with Crippen molar-refractivity contribution in [1.82, 2.24) is 0 Å². The fourth-order valence-corrected chi connectivity index (χ4v) is 3.40. The zero-order valence-electron chi connectivity index (χ0n) is 19.8. The fourth-order valence-electron chi connectivity index (χ4n) is 3.40. The van der Waals surface area contributed by atoms with Gasteiger partial charge < -0.3 is 20.1 Å². The first-order valence-corrected chi connectivity index (χ1v) is 11.7. The number of carbonyl (C=O) groups excluding carboxylic acids is 3. The molecule has 0 saturated carbocycles. The van der Waals surface area contributed by atoms with Gasteiger partial charge in [0, 0.05) is 12.1 Å². The summed E-state index contributed by atoms with van der Waals surface area (Å²) in [6.07, 6.45) is 1.48. The van der Waals surface area contributed by atoms with Gasteiger partial charge in [0.25, 0.3) is 5.91 Å². The van der Waals surface area contributed by atoms with E-state index < -0.39 is 5.97 Å². The van der Waals surface area contributed by atoms with Crippen molar-refractivity contribution >= 4 is 29.2 Å². The Balaban J connectivity index is 1.44. The van der Waals surface area contributed by atoms with E-state index in [1.165, 1.54) is 5.56 Å². The van der Waals surface area contributed by atoms with E-state index in [0.29, 0.717) is 35.9 Å².